The van der Waals surface area contributed by atoms with Crippen LogP contribution >= 0.6 is 11.6 Å². The number of rotatable bonds is 9. The molecule has 0 spiro atoms. The van der Waals surface area contributed by atoms with Crippen LogP contribution in [-0.2, 0) is 13.2 Å². The summed E-state index contributed by atoms with van der Waals surface area (Å²) in [6, 6.07) is 18.1. The van der Waals surface area contributed by atoms with Crippen LogP contribution in [0.25, 0.3) is 0 Å². The predicted octanol–water partition coefficient (Wildman–Crippen LogP) is 6.15. The molecule has 0 saturated carbocycles. The lowest BCUT2D eigenvalue weighted by atomic mass is 10.1. The summed E-state index contributed by atoms with van der Waals surface area (Å²) in [6.07, 6.45) is 0. The van der Waals surface area contributed by atoms with Gasteiger partial charge in [-0.3, -0.25) is 10.1 Å². The third-order valence-electron chi connectivity index (χ3n) is 4.45. The summed E-state index contributed by atoms with van der Waals surface area (Å²) in [7, 11) is 0. The van der Waals surface area contributed by atoms with Gasteiger partial charge in [-0.1, -0.05) is 41.4 Å². The van der Waals surface area contributed by atoms with Crippen molar-refractivity contribution < 1.29 is 14.4 Å². The number of nitro benzene ring substituents is 1. The first-order valence-electron chi connectivity index (χ1n) is 9.58. The molecular weight excluding hydrogens is 404 g/mol. The highest BCUT2D eigenvalue weighted by Gasteiger charge is 2.13. The maximum absolute atomic E-state index is 10.8. The van der Waals surface area contributed by atoms with Crippen molar-refractivity contribution in [3.8, 4) is 11.5 Å². The number of non-ortho nitro benzene ring substituents is 1. The Morgan fingerprint density at radius 2 is 1.70 bits per heavy atom. The van der Waals surface area contributed by atoms with Gasteiger partial charge < -0.3 is 14.8 Å². The summed E-state index contributed by atoms with van der Waals surface area (Å²) in [6.45, 7) is 5.30. The fourth-order valence-electron chi connectivity index (χ4n) is 2.87. The Hall–Kier alpha value is -3.25. The Labute approximate surface area is 180 Å². The van der Waals surface area contributed by atoms with E-state index in [1.54, 1.807) is 12.1 Å². The predicted molar refractivity (Wildman–Crippen MR) is 119 cm³/mol. The average Bonchev–Trinajstić information content (AvgIpc) is 2.73. The monoisotopic (exact) mass is 426 g/mol. The molecule has 30 heavy (non-hydrogen) atoms. The molecule has 0 amide bonds. The molecule has 0 aliphatic rings. The highest BCUT2D eigenvalue weighted by atomic mass is 35.5. The SMILES string of the molecule is CCOc1cc(CNc2ccc([N+](=O)[O-])cc2)cc(Cl)c1OCc1ccc(C)cc1. The second kappa shape index (κ2) is 9.98. The van der Waals surface area contributed by atoms with Crippen LogP contribution in [0.2, 0.25) is 5.02 Å². The first-order chi connectivity index (χ1) is 14.5. The van der Waals surface area contributed by atoms with Gasteiger partial charge in [0.2, 0.25) is 0 Å². The molecule has 3 aromatic rings. The van der Waals surface area contributed by atoms with Crippen molar-refractivity contribution in [1.29, 1.82) is 0 Å². The smallest absolute Gasteiger partial charge is 0.269 e. The van der Waals surface area contributed by atoms with Gasteiger partial charge in [-0.2, -0.15) is 0 Å². The lowest BCUT2D eigenvalue weighted by molar-refractivity contribution is -0.384. The van der Waals surface area contributed by atoms with Gasteiger partial charge in [0, 0.05) is 24.4 Å². The minimum Gasteiger partial charge on any atom is -0.490 e. The molecule has 0 bridgehead atoms. The van der Waals surface area contributed by atoms with Gasteiger partial charge in [0.15, 0.2) is 11.5 Å². The van der Waals surface area contributed by atoms with E-state index in [2.05, 4.69) is 5.32 Å². The molecule has 3 aromatic carbocycles. The van der Waals surface area contributed by atoms with Crippen molar-refractivity contribution in [2.75, 3.05) is 11.9 Å². The number of halogens is 1. The Bertz CT molecular complexity index is 1000. The molecule has 0 fully saturated rings. The van der Waals surface area contributed by atoms with E-state index in [-0.39, 0.29) is 5.69 Å². The fourth-order valence-corrected chi connectivity index (χ4v) is 3.16. The van der Waals surface area contributed by atoms with Crippen LogP contribution in [-0.4, -0.2) is 11.5 Å². The summed E-state index contributed by atoms with van der Waals surface area (Å²) >= 11 is 6.49. The molecule has 3 rings (SSSR count). The fraction of sp³-hybridized carbons (Fsp3) is 0.217. The van der Waals surface area contributed by atoms with Crippen LogP contribution in [0, 0.1) is 17.0 Å². The maximum atomic E-state index is 10.8. The molecule has 156 valence electrons. The molecule has 0 atom stereocenters. The Balaban J connectivity index is 1.71. The summed E-state index contributed by atoms with van der Waals surface area (Å²) in [5.41, 5.74) is 3.97. The third-order valence-corrected chi connectivity index (χ3v) is 4.73. The second-order valence-corrected chi connectivity index (χ2v) is 7.18. The van der Waals surface area contributed by atoms with Crippen LogP contribution in [0.1, 0.15) is 23.6 Å². The molecule has 6 nitrogen and oxygen atoms in total. The van der Waals surface area contributed by atoms with E-state index in [4.69, 9.17) is 21.1 Å². The van der Waals surface area contributed by atoms with Crippen molar-refractivity contribution in [1.82, 2.24) is 0 Å². The minimum atomic E-state index is -0.423. The summed E-state index contributed by atoms with van der Waals surface area (Å²) in [5, 5.41) is 14.5. The number of anilines is 1. The molecule has 0 radical (unpaired) electrons. The lowest BCUT2D eigenvalue weighted by Gasteiger charge is -2.16. The molecule has 0 saturated heterocycles. The van der Waals surface area contributed by atoms with Crippen molar-refractivity contribution in [2.24, 2.45) is 0 Å². The van der Waals surface area contributed by atoms with Crippen molar-refractivity contribution in [3.05, 3.63) is 92.5 Å². The van der Waals surface area contributed by atoms with Crippen LogP contribution < -0.4 is 14.8 Å². The van der Waals surface area contributed by atoms with E-state index in [0.717, 1.165) is 16.8 Å². The van der Waals surface area contributed by atoms with Gasteiger partial charge in [-0.05, 0) is 49.2 Å². The first-order valence-corrected chi connectivity index (χ1v) is 9.96. The minimum absolute atomic E-state index is 0.0531. The third kappa shape index (κ3) is 5.64. The number of aryl methyl sites for hydroxylation is 1. The average molecular weight is 427 g/mol. The Morgan fingerprint density at radius 3 is 2.33 bits per heavy atom. The molecule has 0 heterocycles. The molecule has 0 aliphatic carbocycles. The Kier molecular flexibility index (Phi) is 7.14. The van der Waals surface area contributed by atoms with Gasteiger partial charge in [0.25, 0.3) is 5.69 Å². The lowest BCUT2D eigenvalue weighted by Crippen LogP contribution is -2.04. The van der Waals surface area contributed by atoms with Crippen molar-refractivity contribution in [3.63, 3.8) is 0 Å². The van der Waals surface area contributed by atoms with Crippen molar-refractivity contribution >= 4 is 23.0 Å². The number of ether oxygens (including phenoxy) is 2. The number of hydrogen-bond acceptors (Lipinski definition) is 5. The standard InChI is InChI=1S/C23H23ClN2O4/c1-3-29-22-13-18(14-25-19-8-10-20(11-9-19)26(27)28)12-21(24)23(22)30-15-17-6-4-16(2)5-7-17/h4-13,25H,3,14-15H2,1-2H3. The van der Waals surface area contributed by atoms with E-state index < -0.39 is 4.92 Å². The summed E-state index contributed by atoms with van der Waals surface area (Å²) in [4.78, 5) is 10.3. The quantitative estimate of drug-likeness (QED) is 0.328. The van der Waals surface area contributed by atoms with Crippen LogP contribution in [0.15, 0.2) is 60.7 Å². The first kappa shape index (κ1) is 21.5. The number of hydrogen-bond donors (Lipinski definition) is 1. The van der Waals surface area contributed by atoms with Gasteiger partial charge in [0.1, 0.15) is 6.61 Å². The van der Waals surface area contributed by atoms with Crippen LogP contribution in [0.3, 0.4) is 0 Å². The molecule has 0 aliphatic heterocycles. The molecule has 0 unspecified atom stereocenters. The van der Waals surface area contributed by atoms with Gasteiger partial charge in [0.05, 0.1) is 16.6 Å². The summed E-state index contributed by atoms with van der Waals surface area (Å²) in [5.74, 6) is 1.09. The zero-order chi connectivity index (χ0) is 21.5. The highest BCUT2D eigenvalue weighted by molar-refractivity contribution is 6.32. The van der Waals surface area contributed by atoms with Gasteiger partial charge >= 0.3 is 0 Å². The number of nitrogens with one attached hydrogen (secondary N) is 1. The van der Waals surface area contributed by atoms with E-state index in [1.165, 1.54) is 17.7 Å². The maximum Gasteiger partial charge on any atom is 0.269 e. The molecule has 0 aromatic heterocycles. The van der Waals surface area contributed by atoms with Crippen LogP contribution in [0.5, 0.6) is 11.5 Å². The van der Waals surface area contributed by atoms with Crippen LogP contribution in [0.4, 0.5) is 11.4 Å². The number of nitrogens with zero attached hydrogens (tertiary/aromatic N) is 1. The highest BCUT2D eigenvalue weighted by Crippen LogP contribution is 2.37. The second-order valence-electron chi connectivity index (χ2n) is 6.77. The van der Waals surface area contributed by atoms with Gasteiger partial charge in [-0.25, -0.2) is 0 Å². The summed E-state index contributed by atoms with van der Waals surface area (Å²) < 4.78 is 11.7. The topological polar surface area (TPSA) is 73.6 Å². The van der Waals surface area contributed by atoms with E-state index in [1.807, 2.05) is 50.2 Å². The number of nitro groups is 1. The van der Waals surface area contributed by atoms with Crippen molar-refractivity contribution in [2.45, 2.75) is 27.0 Å². The van der Waals surface area contributed by atoms with Gasteiger partial charge in [-0.15, -0.1) is 0 Å². The molecule has 1 N–H and O–H groups in total. The molecule has 7 heteroatoms. The van der Waals surface area contributed by atoms with E-state index in [0.29, 0.717) is 36.3 Å². The largest absolute Gasteiger partial charge is 0.490 e. The van der Waals surface area contributed by atoms with E-state index in [9.17, 15) is 10.1 Å². The zero-order valence-corrected chi connectivity index (χ0v) is 17.6. The Morgan fingerprint density at radius 1 is 1.00 bits per heavy atom. The zero-order valence-electron chi connectivity index (χ0n) is 16.9. The molecular formula is C23H23ClN2O4. The number of benzene rings is 3. The van der Waals surface area contributed by atoms with E-state index >= 15 is 0 Å². The normalized spacial score (nSPS) is 10.5.